The highest BCUT2D eigenvalue weighted by molar-refractivity contribution is 6.22. The van der Waals surface area contributed by atoms with E-state index in [4.69, 9.17) is 0 Å². The second-order valence-electron chi connectivity index (χ2n) is 4.96. The zero-order valence-electron chi connectivity index (χ0n) is 11.2. The van der Waals surface area contributed by atoms with Crippen LogP contribution in [0.2, 0.25) is 0 Å². The second kappa shape index (κ2) is 4.98. The van der Waals surface area contributed by atoms with Gasteiger partial charge in [-0.1, -0.05) is 30.3 Å². The van der Waals surface area contributed by atoms with Crippen molar-refractivity contribution < 1.29 is 22.8 Å². The summed E-state index contributed by atoms with van der Waals surface area (Å²) in [6.07, 6.45) is -4.66. The number of nitrogens with one attached hydrogen (secondary N) is 1. The first-order valence-electron chi connectivity index (χ1n) is 6.50. The Kier molecular flexibility index (Phi) is 3.24. The van der Waals surface area contributed by atoms with Gasteiger partial charge in [0.25, 0.3) is 11.8 Å². The highest BCUT2D eigenvalue weighted by Gasteiger charge is 2.39. The van der Waals surface area contributed by atoms with Crippen LogP contribution in [-0.2, 0) is 12.6 Å². The largest absolute Gasteiger partial charge is 0.416 e. The van der Waals surface area contributed by atoms with E-state index in [1.807, 2.05) is 5.32 Å². The molecule has 1 aliphatic rings. The van der Waals surface area contributed by atoms with Crippen molar-refractivity contribution in [1.29, 1.82) is 0 Å². The zero-order chi connectivity index (χ0) is 15.9. The summed E-state index contributed by atoms with van der Waals surface area (Å²) in [5, 5.41) is 2.04. The maximum atomic E-state index is 13.2. The predicted molar refractivity (Wildman–Crippen MR) is 72.5 cm³/mol. The number of hydrogen-bond donors (Lipinski definition) is 1. The van der Waals surface area contributed by atoms with Crippen molar-refractivity contribution in [3.05, 3.63) is 70.3 Å². The van der Waals surface area contributed by atoms with Crippen LogP contribution in [0.5, 0.6) is 0 Å². The maximum Gasteiger partial charge on any atom is 0.416 e. The average Bonchev–Trinajstić information content (AvgIpc) is 2.74. The molecule has 0 unspecified atom stereocenters. The molecule has 1 aliphatic heterocycles. The lowest BCUT2D eigenvalue weighted by Gasteiger charge is -2.15. The van der Waals surface area contributed by atoms with E-state index in [1.165, 1.54) is 0 Å². The van der Waals surface area contributed by atoms with E-state index in [1.54, 1.807) is 30.3 Å². The van der Waals surface area contributed by atoms with E-state index >= 15 is 0 Å². The summed E-state index contributed by atoms with van der Waals surface area (Å²) in [5.74, 6) is -1.44. The van der Waals surface area contributed by atoms with Crippen LogP contribution in [0.3, 0.4) is 0 Å². The van der Waals surface area contributed by atoms with Gasteiger partial charge in [-0.05, 0) is 29.7 Å². The Hall–Kier alpha value is -2.63. The van der Waals surface area contributed by atoms with Crippen LogP contribution in [0.25, 0.3) is 0 Å². The Morgan fingerprint density at radius 2 is 1.59 bits per heavy atom. The molecule has 3 rings (SSSR count). The molecule has 0 fully saturated rings. The normalized spacial score (nSPS) is 14.0. The molecule has 6 heteroatoms. The summed E-state index contributed by atoms with van der Waals surface area (Å²) in [4.78, 5) is 23.5. The molecule has 2 amide bonds. The number of alkyl halides is 3. The summed E-state index contributed by atoms with van der Waals surface area (Å²) in [6.45, 7) is 0. The van der Waals surface area contributed by atoms with Crippen molar-refractivity contribution in [3.63, 3.8) is 0 Å². The molecule has 1 heterocycles. The lowest BCUT2D eigenvalue weighted by atomic mass is 9.92. The first-order chi connectivity index (χ1) is 10.4. The second-order valence-corrected chi connectivity index (χ2v) is 4.96. The Labute approximate surface area is 123 Å². The van der Waals surface area contributed by atoms with Crippen molar-refractivity contribution >= 4 is 11.8 Å². The molecule has 1 N–H and O–H groups in total. The Morgan fingerprint density at radius 3 is 2.23 bits per heavy atom. The molecule has 0 aliphatic carbocycles. The molecular weight excluding hydrogens is 295 g/mol. The predicted octanol–water partition coefficient (Wildman–Crippen LogP) is 3.18. The quantitative estimate of drug-likeness (QED) is 0.866. The first kappa shape index (κ1) is 14.3. The van der Waals surface area contributed by atoms with Gasteiger partial charge in [-0.3, -0.25) is 14.9 Å². The molecule has 0 aromatic heterocycles. The summed E-state index contributed by atoms with van der Waals surface area (Å²) in [5.41, 5.74) is -0.610. The van der Waals surface area contributed by atoms with Gasteiger partial charge in [0, 0.05) is 0 Å². The molecule has 112 valence electrons. The minimum absolute atomic E-state index is 0.0102. The maximum absolute atomic E-state index is 13.2. The van der Waals surface area contributed by atoms with Crippen LogP contribution in [0.4, 0.5) is 13.2 Å². The lowest BCUT2D eigenvalue weighted by molar-refractivity contribution is -0.138. The minimum Gasteiger partial charge on any atom is -0.288 e. The molecular formula is C16H10F3NO2. The van der Waals surface area contributed by atoms with Gasteiger partial charge in [0.1, 0.15) is 0 Å². The standard InChI is InChI=1S/C16H10F3NO2/c17-16(18,19)12-7-6-10-13(15(22)20-14(10)21)11(12)8-9-4-2-1-3-5-9/h1-7H,8H2,(H,20,21,22). The van der Waals surface area contributed by atoms with Crippen molar-refractivity contribution in [3.8, 4) is 0 Å². The van der Waals surface area contributed by atoms with Gasteiger partial charge in [-0.25, -0.2) is 0 Å². The smallest absolute Gasteiger partial charge is 0.288 e. The molecule has 2 aromatic carbocycles. The van der Waals surface area contributed by atoms with Gasteiger partial charge in [-0.2, -0.15) is 13.2 Å². The minimum atomic E-state index is -4.59. The van der Waals surface area contributed by atoms with Gasteiger partial charge in [0.2, 0.25) is 0 Å². The van der Waals surface area contributed by atoms with Gasteiger partial charge in [0.15, 0.2) is 0 Å². The highest BCUT2D eigenvalue weighted by atomic mass is 19.4. The van der Waals surface area contributed by atoms with E-state index < -0.39 is 23.6 Å². The van der Waals surface area contributed by atoms with Crippen LogP contribution >= 0.6 is 0 Å². The summed E-state index contributed by atoms with van der Waals surface area (Å²) in [7, 11) is 0. The van der Waals surface area contributed by atoms with E-state index in [0.29, 0.717) is 5.56 Å². The fourth-order valence-corrected chi connectivity index (χ4v) is 2.58. The molecule has 3 nitrogen and oxygen atoms in total. The number of hydrogen-bond acceptors (Lipinski definition) is 2. The van der Waals surface area contributed by atoms with Crippen LogP contribution in [0, 0.1) is 0 Å². The number of fused-ring (bicyclic) bond motifs is 1. The Balaban J connectivity index is 2.21. The van der Waals surface area contributed by atoms with Gasteiger partial charge >= 0.3 is 6.18 Å². The summed E-state index contributed by atoms with van der Waals surface area (Å²) < 4.78 is 39.7. The molecule has 0 atom stereocenters. The number of carbonyl (C=O) groups is 2. The van der Waals surface area contributed by atoms with Crippen LogP contribution in [0.1, 0.15) is 37.4 Å². The van der Waals surface area contributed by atoms with Crippen molar-refractivity contribution in [2.45, 2.75) is 12.6 Å². The SMILES string of the molecule is O=C1NC(=O)c2c1ccc(C(F)(F)F)c2Cc1ccccc1. The Morgan fingerprint density at radius 1 is 0.909 bits per heavy atom. The Bertz CT molecular complexity index is 767. The first-order valence-corrected chi connectivity index (χ1v) is 6.50. The fraction of sp³-hybridized carbons (Fsp3) is 0.125. The topological polar surface area (TPSA) is 46.2 Å². The molecule has 0 radical (unpaired) electrons. The summed E-state index contributed by atoms with van der Waals surface area (Å²) in [6, 6.07) is 10.4. The van der Waals surface area contributed by atoms with E-state index in [0.717, 1.165) is 12.1 Å². The number of carbonyl (C=O) groups excluding carboxylic acids is 2. The number of benzene rings is 2. The third-order valence-electron chi connectivity index (χ3n) is 3.54. The summed E-state index contributed by atoms with van der Waals surface area (Å²) >= 11 is 0. The molecule has 0 saturated carbocycles. The molecule has 2 aromatic rings. The lowest BCUT2D eigenvalue weighted by Crippen LogP contribution is -2.20. The van der Waals surface area contributed by atoms with E-state index in [2.05, 4.69) is 0 Å². The van der Waals surface area contributed by atoms with Crippen LogP contribution in [0.15, 0.2) is 42.5 Å². The van der Waals surface area contributed by atoms with Crippen molar-refractivity contribution in [2.75, 3.05) is 0 Å². The highest BCUT2D eigenvalue weighted by Crippen LogP contribution is 2.36. The fourth-order valence-electron chi connectivity index (χ4n) is 2.58. The zero-order valence-corrected chi connectivity index (χ0v) is 11.2. The molecule has 0 spiro atoms. The van der Waals surface area contributed by atoms with E-state index in [-0.39, 0.29) is 23.1 Å². The van der Waals surface area contributed by atoms with Crippen LogP contribution in [-0.4, -0.2) is 11.8 Å². The molecule has 0 bridgehead atoms. The van der Waals surface area contributed by atoms with Gasteiger partial charge in [-0.15, -0.1) is 0 Å². The van der Waals surface area contributed by atoms with Crippen molar-refractivity contribution in [2.24, 2.45) is 0 Å². The van der Waals surface area contributed by atoms with E-state index in [9.17, 15) is 22.8 Å². The van der Waals surface area contributed by atoms with Crippen molar-refractivity contribution in [1.82, 2.24) is 5.32 Å². The third-order valence-corrected chi connectivity index (χ3v) is 3.54. The number of halogens is 3. The monoisotopic (exact) mass is 305 g/mol. The number of amides is 2. The van der Waals surface area contributed by atoms with Crippen LogP contribution < -0.4 is 5.32 Å². The third kappa shape index (κ3) is 2.36. The van der Waals surface area contributed by atoms with Gasteiger partial charge < -0.3 is 0 Å². The molecule has 0 saturated heterocycles. The molecule has 22 heavy (non-hydrogen) atoms. The number of imide groups is 1. The average molecular weight is 305 g/mol. The number of rotatable bonds is 2. The van der Waals surface area contributed by atoms with Gasteiger partial charge in [0.05, 0.1) is 16.7 Å².